The lowest BCUT2D eigenvalue weighted by atomic mass is 9.83. The Hall–Kier alpha value is -2.56. The number of fused-ring (bicyclic) bond motifs is 1. The maximum absolute atomic E-state index is 12.6. The van der Waals surface area contributed by atoms with Crippen molar-refractivity contribution in [3.63, 3.8) is 0 Å². The van der Waals surface area contributed by atoms with Crippen LogP contribution in [0.15, 0.2) is 42.7 Å². The van der Waals surface area contributed by atoms with Gasteiger partial charge in [0.15, 0.2) is 11.5 Å². The molecule has 0 bridgehead atoms. The van der Waals surface area contributed by atoms with Gasteiger partial charge < -0.3 is 14.8 Å². The van der Waals surface area contributed by atoms with Crippen LogP contribution in [-0.2, 0) is 16.8 Å². The van der Waals surface area contributed by atoms with Crippen molar-refractivity contribution in [3.8, 4) is 11.5 Å². The van der Waals surface area contributed by atoms with Gasteiger partial charge in [0.2, 0.25) is 5.91 Å². The zero-order chi connectivity index (χ0) is 16.3. The lowest BCUT2D eigenvalue weighted by Crippen LogP contribution is -2.39. The van der Waals surface area contributed by atoms with Crippen molar-refractivity contribution >= 4 is 5.91 Å². The van der Waals surface area contributed by atoms with E-state index in [9.17, 15) is 4.79 Å². The molecule has 0 radical (unpaired) electrons. The molecule has 1 aromatic carbocycles. The summed E-state index contributed by atoms with van der Waals surface area (Å²) in [5, 5.41) is 2.97. The molecule has 0 saturated heterocycles. The smallest absolute Gasteiger partial charge is 0.230 e. The first kappa shape index (κ1) is 15.3. The number of rotatable bonds is 4. The van der Waals surface area contributed by atoms with Gasteiger partial charge in [-0.15, -0.1) is 0 Å². The third-order valence-corrected chi connectivity index (χ3v) is 4.01. The summed E-state index contributed by atoms with van der Waals surface area (Å²) in [5.74, 6) is 1.38. The fourth-order valence-corrected chi connectivity index (χ4v) is 2.47. The maximum Gasteiger partial charge on any atom is 0.230 e. The van der Waals surface area contributed by atoms with Gasteiger partial charge in [0.05, 0.1) is 5.41 Å². The Morgan fingerprint density at radius 3 is 2.74 bits per heavy atom. The predicted molar refractivity (Wildman–Crippen MR) is 86.5 cm³/mol. The number of hydrogen-bond donors (Lipinski definition) is 1. The van der Waals surface area contributed by atoms with E-state index < -0.39 is 5.41 Å². The van der Waals surface area contributed by atoms with Crippen LogP contribution in [0.25, 0.3) is 0 Å². The van der Waals surface area contributed by atoms with Gasteiger partial charge in [0.1, 0.15) is 13.2 Å². The summed E-state index contributed by atoms with van der Waals surface area (Å²) in [6.07, 6.45) is 3.46. The van der Waals surface area contributed by atoms with Crippen molar-refractivity contribution in [2.45, 2.75) is 25.8 Å². The molecule has 120 valence electrons. The fourth-order valence-electron chi connectivity index (χ4n) is 2.47. The van der Waals surface area contributed by atoms with E-state index in [0.717, 1.165) is 16.9 Å². The lowest BCUT2D eigenvalue weighted by Gasteiger charge is -2.26. The predicted octanol–water partition coefficient (Wildman–Crippen LogP) is 2.45. The summed E-state index contributed by atoms with van der Waals surface area (Å²) >= 11 is 0. The summed E-state index contributed by atoms with van der Waals surface area (Å²) in [7, 11) is 0. The molecule has 0 aliphatic carbocycles. The van der Waals surface area contributed by atoms with E-state index in [1.165, 1.54) is 0 Å². The number of benzene rings is 1. The number of aromatic nitrogens is 1. The Labute approximate surface area is 135 Å². The van der Waals surface area contributed by atoms with Gasteiger partial charge in [-0.25, -0.2) is 0 Å². The van der Waals surface area contributed by atoms with Crippen molar-refractivity contribution in [2.24, 2.45) is 0 Å². The van der Waals surface area contributed by atoms with Gasteiger partial charge in [0.25, 0.3) is 0 Å². The molecule has 5 heteroatoms. The second-order valence-corrected chi connectivity index (χ2v) is 6.03. The van der Waals surface area contributed by atoms with Crippen molar-refractivity contribution in [3.05, 3.63) is 53.9 Å². The number of nitrogens with zero attached hydrogens (tertiary/aromatic N) is 1. The molecule has 1 N–H and O–H groups in total. The first-order valence-electron chi connectivity index (χ1n) is 7.65. The van der Waals surface area contributed by atoms with Crippen LogP contribution in [0.1, 0.15) is 25.0 Å². The minimum absolute atomic E-state index is 0.0435. The number of amides is 1. The van der Waals surface area contributed by atoms with Crippen molar-refractivity contribution in [1.29, 1.82) is 0 Å². The van der Waals surface area contributed by atoms with Gasteiger partial charge in [-0.2, -0.15) is 0 Å². The van der Waals surface area contributed by atoms with Crippen molar-refractivity contribution in [1.82, 2.24) is 10.3 Å². The van der Waals surface area contributed by atoms with E-state index in [0.29, 0.717) is 25.5 Å². The van der Waals surface area contributed by atoms with Gasteiger partial charge in [-0.3, -0.25) is 9.78 Å². The zero-order valence-corrected chi connectivity index (χ0v) is 13.3. The largest absolute Gasteiger partial charge is 0.486 e. The van der Waals surface area contributed by atoms with Crippen LogP contribution in [0, 0.1) is 0 Å². The van der Waals surface area contributed by atoms with E-state index in [-0.39, 0.29) is 5.91 Å². The Morgan fingerprint density at radius 1 is 1.22 bits per heavy atom. The molecule has 0 saturated carbocycles. The number of pyridine rings is 1. The van der Waals surface area contributed by atoms with Crippen LogP contribution in [0.3, 0.4) is 0 Å². The number of carbonyl (C=O) groups is 1. The van der Waals surface area contributed by atoms with Gasteiger partial charge in [-0.1, -0.05) is 12.1 Å². The Kier molecular flexibility index (Phi) is 4.19. The van der Waals surface area contributed by atoms with Crippen LogP contribution in [0.4, 0.5) is 0 Å². The monoisotopic (exact) mass is 312 g/mol. The normalized spacial score (nSPS) is 13.5. The SMILES string of the molecule is CC(C)(C(=O)NCc1cccnc1)c1ccc2c(c1)OCCO2. The Bertz CT molecular complexity index is 699. The number of ether oxygens (including phenoxy) is 2. The minimum atomic E-state index is -0.669. The molecule has 0 atom stereocenters. The number of hydrogen-bond acceptors (Lipinski definition) is 4. The van der Waals surface area contributed by atoms with Crippen molar-refractivity contribution < 1.29 is 14.3 Å². The first-order valence-corrected chi connectivity index (χ1v) is 7.65. The third kappa shape index (κ3) is 3.28. The molecule has 1 aliphatic heterocycles. The highest BCUT2D eigenvalue weighted by atomic mass is 16.6. The number of carbonyl (C=O) groups excluding carboxylic acids is 1. The quantitative estimate of drug-likeness (QED) is 0.942. The molecule has 3 rings (SSSR count). The summed E-state index contributed by atoms with van der Waals surface area (Å²) in [4.78, 5) is 16.7. The molecule has 1 amide bonds. The molecule has 23 heavy (non-hydrogen) atoms. The Morgan fingerprint density at radius 2 is 2.00 bits per heavy atom. The minimum Gasteiger partial charge on any atom is -0.486 e. The summed E-state index contributed by atoms with van der Waals surface area (Å²) in [6, 6.07) is 9.45. The van der Waals surface area contributed by atoms with Crippen LogP contribution in [0.2, 0.25) is 0 Å². The second-order valence-electron chi connectivity index (χ2n) is 6.03. The average Bonchev–Trinajstić information content (AvgIpc) is 2.60. The van der Waals surface area contributed by atoms with Gasteiger partial charge >= 0.3 is 0 Å². The van der Waals surface area contributed by atoms with Crippen LogP contribution >= 0.6 is 0 Å². The molecule has 0 fully saturated rings. The lowest BCUT2D eigenvalue weighted by molar-refractivity contribution is -0.125. The fraction of sp³-hybridized carbons (Fsp3) is 0.333. The van der Waals surface area contributed by atoms with E-state index in [4.69, 9.17) is 9.47 Å². The third-order valence-electron chi connectivity index (χ3n) is 4.01. The van der Waals surface area contributed by atoms with Crippen molar-refractivity contribution in [2.75, 3.05) is 13.2 Å². The number of nitrogens with one attached hydrogen (secondary N) is 1. The molecule has 2 heterocycles. The summed E-state index contributed by atoms with van der Waals surface area (Å²) < 4.78 is 11.1. The van der Waals surface area contributed by atoms with Crippen LogP contribution in [0.5, 0.6) is 11.5 Å². The highest BCUT2D eigenvalue weighted by molar-refractivity contribution is 5.87. The van der Waals surface area contributed by atoms with Gasteiger partial charge in [-0.05, 0) is 43.2 Å². The molecule has 5 nitrogen and oxygen atoms in total. The van der Waals surface area contributed by atoms with Crippen LogP contribution in [-0.4, -0.2) is 24.1 Å². The molecule has 2 aromatic rings. The first-order chi connectivity index (χ1) is 11.1. The summed E-state index contributed by atoms with van der Waals surface area (Å²) in [6.45, 7) is 5.35. The van der Waals surface area contributed by atoms with E-state index in [2.05, 4.69) is 10.3 Å². The summed E-state index contributed by atoms with van der Waals surface area (Å²) in [5.41, 5.74) is 1.20. The zero-order valence-electron chi connectivity index (χ0n) is 13.3. The molecular formula is C18H20N2O3. The standard InChI is InChI=1S/C18H20N2O3/c1-18(2,17(21)20-12-13-4-3-7-19-11-13)14-5-6-15-16(10-14)23-9-8-22-15/h3-7,10-11H,8-9,12H2,1-2H3,(H,20,21). The molecule has 0 unspecified atom stereocenters. The second kappa shape index (κ2) is 6.28. The highest BCUT2D eigenvalue weighted by Gasteiger charge is 2.31. The van der Waals surface area contributed by atoms with Gasteiger partial charge in [0, 0.05) is 18.9 Å². The molecule has 1 aliphatic rings. The van der Waals surface area contributed by atoms with E-state index >= 15 is 0 Å². The topological polar surface area (TPSA) is 60.5 Å². The highest BCUT2D eigenvalue weighted by Crippen LogP contribution is 2.35. The van der Waals surface area contributed by atoms with Crippen LogP contribution < -0.4 is 14.8 Å². The Balaban J connectivity index is 1.73. The average molecular weight is 312 g/mol. The van der Waals surface area contributed by atoms with E-state index in [1.807, 2.05) is 44.2 Å². The molecule has 0 spiro atoms. The molecular weight excluding hydrogens is 292 g/mol. The van der Waals surface area contributed by atoms with E-state index in [1.54, 1.807) is 12.4 Å². The maximum atomic E-state index is 12.6. The molecule has 1 aromatic heterocycles.